The molecule has 0 amide bonds. The minimum absolute atomic E-state index is 0.161. The first-order valence-corrected chi connectivity index (χ1v) is 5.36. The van der Waals surface area contributed by atoms with Gasteiger partial charge in [0.05, 0.1) is 12.3 Å². The number of ether oxygens (including phenoxy) is 1. The van der Waals surface area contributed by atoms with E-state index in [1.165, 1.54) is 0 Å². The zero-order chi connectivity index (χ0) is 11.5. The number of aromatic nitrogens is 4. The molecule has 2 rings (SSSR count). The molecule has 0 bridgehead atoms. The van der Waals surface area contributed by atoms with E-state index < -0.39 is 0 Å². The molecule has 16 heavy (non-hydrogen) atoms. The predicted molar refractivity (Wildman–Crippen MR) is 58.8 cm³/mol. The molecule has 0 aliphatic carbocycles. The molecule has 0 aliphatic rings. The van der Waals surface area contributed by atoms with E-state index in [0.29, 0.717) is 18.4 Å². The SMILES string of the molecule is CCCc1cc(=O)[nH]c2nc(OCC)nn12. The highest BCUT2D eigenvalue weighted by Crippen LogP contribution is 2.07. The topological polar surface area (TPSA) is 72.3 Å². The third-order valence-electron chi connectivity index (χ3n) is 2.17. The Labute approximate surface area is 92.3 Å². The molecule has 0 saturated carbocycles. The first kappa shape index (κ1) is 10.7. The van der Waals surface area contributed by atoms with E-state index in [9.17, 15) is 4.79 Å². The number of fused-ring (bicyclic) bond motifs is 1. The molecule has 0 radical (unpaired) electrons. The van der Waals surface area contributed by atoms with Gasteiger partial charge in [0.25, 0.3) is 5.56 Å². The Bertz CT molecular complexity index is 543. The van der Waals surface area contributed by atoms with Crippen molar-refractivity contribution < 1.29 is 4.74 Å². The first-order valence-electron chi connectivity index (χ1n) is 5.36. The second kappa shape index (κ2) is 4.34. The molecule has 86 valence electrons. The van der Waals surface area contributed by atoms with Crippen LogP contribution in [0.25, 0.3) is 5.78 Å². The van der Waals surface area contributed by atoms with Gasteiger partial charge in [0, 0.05) is 6.07 Å². The molecule has 0 fully saturated rings. The van der Waals surface area contributed by atoms with E-state index >= 15 is 0 Å². The summed E-state index contributed by atoms with van der Waals surface area (Å²) in [5.41, 5.74) is 0.686. The minimum Gasteiger partial charge on any atom is -0.463 e. The molecule has 2 heterocycles. The molecule has 6 heteroatoms. The van der Waals surface area contributed by atoms with Crippen LogP contribution in [-0.2, 0) is 6.42 Å². The number of rotatable bonds is 4. The molecule has 0 atom stereocenters. The summed E-state index contributed by atoms with van der Waals surface area (Å²) < 4.78 is 6.82. The summed E-state index contributed by atoms with van der Waals surface area (Å²) in [5.74, 6) is 0.430. The van der Waals surface area contributed by atoms with Crippen LogP contribution in [0.5, 0.6) is 6.01 Å². The van der Waals surface area contributed by atoms with E-state index in [0.717, 1.165) is 18.5 Å². The second-order valence-corrected chi connectivity index (χ2v) is 3.44. The van der Waals surface area contributed by atoms with Gasteiger partial charge in [-0.05, 0) is 13.3 Å². The highest BCUT2D eigenvalue weighted by atomic mass is 16.5. The van der Waals surface area contributed by atoms with Crippen LogP contribution in [0.2, 0.25) is 0 Å². The summed E-state index contributed by atoms with van der Waals surface area (Å²) in [6, 6.07) is 1.84. The zero-order valence-electron chi connectivity index (χ0n) is 9.36. The van der Waals surface area contributed by atoms with Gasteiger partial charge < -0.3 is 4.74 Å². The molecule has 2 aromatic rings. The van der Waals surface area contributed by atoms with Crippen molar-refractivity contribution in [3.05, 3.63) is 22.1 Å². The zero-order valence-corrected chi connectivity index (χ0v) is 9.36. The monoisotopic (exact) mass is 222 g/mol. The number of H-pyrrole nitrogens is 1. The molecule has 0 unspecified atom stereocenters. The Morgan fingerprint density at radius 2 is 2.31 bits per heavy atom. The van der Waals surface area contributed by atoms with Crippen LogP contribution in [0.4, 0.5) is 0 Å². The standard InChI is InChI=1S/C10H14N4O2/c1-3-5-7-6-8(15)11-9-12-10(16-4-2)13-14(7)9/h6H,3-5H2,1-2H3,(H,11,12,13,15). The maximum atomic E-state index is 11.4. The van der Waals surface area contributed by atoms with Crippen LogP contribution in [0, 0.1) is 0 Å². The van der Waals surface area contributed by atoms with Crippen molar-refractivity contribution in [1.82, 2.24) is 19.6 Å². The maximum Gasteiger partial charge on any atom is 0.337 e. The van der Waals surface area contributed by atoms with Gasteiger partial charge in [-0.2, -0.15) is 9.50 Å². The first-order chi connectivity index (χ1) is 7.74. The molecule has 0 aliphatic heterocycles. The second-order valence-electron chi connectivity index (χ2n) is 3.44. The molecule has 0 saturated heterocycles. The number of aryl methyl sites for hydroxylation is 1. The largest absolute Gasteiger partial charge is 0.463 e. The summed E-state index contributed by atoms with van der Waals surface area (Å²) in [4.78, 5) is 18.1. The van der Waals surface area contributed by atoms with Crippen molar-refractivity contribution in [2.75, 3.05) is 6.61 Å². The Kier molecular flexibility index (Phi) is 2.89. The Morgan fingerprint density at radius 1 is 1.50 bits per heavy atom. The summed E-state index contributed by atoms with van der Waals surface area (Å²) >= 11 is 0. The lowest BCUT2D eigenvalue weighted by Gasteiger charge is -1.99. The van der Waals surface area contributed by atoms with Crippen molar-refractivity contribution >= 4 is 5.78 Å². The van der Waals surface area contributed by atoms with Crippen LogP contribution in [0.1, 0.15) is 26.0 Å². The summed E-state index contributed by atoms with van der Waals surface area (Å²) in [5, 5.41) is 4.18. The average molecular weight is 222 g/mol. The number of hydrogen-bond donors (Lipinski definition) is 1. The minimum atomic E-state index is -0.161. The fourth-order valence-electron chi connectivity index (χ4n) is 1.56. The van der Waals surface area contributed by atoms with E-state index in [1.54, 1.807) is 10.6 Å². The van der Waals surface area contributed by atoms with E-state index in [2.05, 4.69) is 15.1 Å². The van der Waals surface area contributed by atoms with Gasteiger partial charge in [0.1, 0.15) is 0 Å². The van der Waals surface area contributed by atoms with Gasteiger partial charge in [-0.1, -0.05) is 13.3 Å². The molecule has 6 nitrogen and oxygen atoms in total. The predicted octanol–water partition coefficient (Wildman–Crippen LogP) is 0.769. The van der Waals surface area contributed by atoms with Crippen molar-refractivity contribution in [3.63, 3.8) is 0 Å². The van der Waals surface area contributed by atoms with Gasteiger partial charge in [0.15, 0.2) is 0 Å². The van der Waals surface area contributed by atoms with Crippen LogP contribution in [0.3, 0.4) is 0 Å². The van der Waals surface area contributed by atoms with E-state index in [-0.39, 0.29) is 5.56 Å². The third kappa shape index (κ3) is 1.91. The smallest absolute Gasteiger partial charge is 0.337 e. The molecular weight excluding hydrogens is 208 g/mol. The molecule has 0 aromatic carbocycles. The number of hydrogen-bond acceptors (Lipinski definition) is 4. The molecule has 1 N–H and O–H groups in total. The fourth-order valence-corrected chi connectivity index (χ4v) is 1.56. The average Bonchev–Trinajstić information content (AvgIpc) is 2.61. The quantitative estimate of drug-likeness (QED) is 0.829. The van der Waals surface area contributed by atoms with Gasteiger partial charge >= 0.3 is 6.01 Å². The van der Waals surface area contributed by atoms with E-state index in [4.69, 9.17) is 4.74 Å². The summed E-state index contributed by atoms with van der Waals surface area (Å²) in [6.45, 7) is 4.42. The summed E-state index contributed by atoms with van der Waals surface area (Å²) in [6.07, 6.45) is 1.73. The lowest BCUT2D eigenvalue weighted by atomic mass is 10.2. The maximum absolute atomic E-state index is 11.4. The normalized spacial score (nSPS) is 10.9. The third-order valence-corrected chi connectivity index (χ3v) is 2.17. The lowest BCUT2D eigenvalue weighted by molar-refractivity contribution is 0.313. The van der Waals surface area contributed by atoms with Gasteiger partial charge in [0.2, 0.25) is 5.78 Å². The Hall–Kier alpha value is -1.85. The van der Waals surface area contributed by atoms with Gasteiger partial charge in [-0.15, -0.1) is 5.10 Å². The number of nitrogens with zero attached hydrogens (tertiary/aromatic N) is 3. The fraction of sp³-hybridized carbons (Fsp3) is 0.500. The number of aromatic amines is 1. The van der Waals surface area contributed by atoms with Crippen LogP contribution in [0.15, 0.2) is 10.9 Å². The van der Waals surface area contributed by atoms with Crippen LogP contribution < -0.4 is 10.3 Å². The van der Waals surface area contributed by atoms with Crippen LogP contribution in [-0.4, -0.2) is 26.2 Å². The van der Waals surface area contributed by atoms with Crippen molar-refractivity contribution in [2.24, 2.45) is 0 Å². The Morgan fingerprint density at radius 3 is 3.00 bits per heavy atom. The lowest BCUT2D eigenvalue weighted by Crippen LogP contribution is -2.12. The summed E-state index contributed by atoms with van der Waals surface area (Å²) in [7, 11) is 0. The van der Waals surface area contributed by atoms with Crippen LogP contribution >= 0.6 is 0 Å². The Balaban J connectivity index is 2.56. The van der Waals surface area contributed by atoms with Gasteiger partial charge in [-0.3, -0.25) is 9.78 Å². The van der Waals surface area contributed by atoms with Crippen molar-refractivity contribution in [1.29, 1.82) is 0 Å². The van der Waals surface area contributed by atoms with E-state index in [1.807, 2.05) is 13.8 Å². The van der Waals surface area contributed by atoms with Gasteiger partial charge in [-0.25, -0.2) is 0 Å². The molecular formula is C10H14N4O2. The van der Waals surface area contributed by atoms with Crippen molar-refractivity contribution in [2.45, 2.75) is 26.7 Å². The number of nitrogens with one attached hydrogen (secondary N) is 1. The molecule has 0 spiro atoms. The van der Waals surface area contributed by atoms with Crippen molar-refractivity contribution in [3.8, 4) is 6.01 Å². The highest BCUT2D eigenvalue weighted by Gasteiger charge is 2.08. The molecule has 2 aromatic heterocycles. The highest BCUT2D eigenvalue weighted by molar-refractivity contribution is 5.30.